The molecule has 2 heterocycles. The molecular formula is C28H34ClF2N3O3. The fourth-order valence-corrected chi connectivity index (χ4v) is 5.36. The molecule has 0 saturated carbocycles. The Labute approximate surface area is 222 Å². The largest absolute Gasteiger partial charge is 0.375 e. The fourth-order valence-electron chi connectivity index (χ4n) is 5.10. The number of amides is 2. The summed E-state index contributed by atoms with van der Waals surface area (Å²) in [4.78, 5) is 30.4. The zero-order chi connectivity index (χ0) is 26.5. The van der Waals surface area contributed by atoms with Crippen molar-refractivity contribution in [2.24, 2.45) is 0 Å². The van der Waals surface area contributed by atoms with Gasteiger partial charge in [0.15, 0.2) is 0 Å². The number of piperidine rings is 2. The number of likely N-dealkylation sites (tertiary alicyclic amines) is 1. The van der Waals surface area contributed by atoms with Crippen molar-refractivity contribution in [3.05, 3.63) is 64.7 Å². The number of nitrogens with zero attached hydrogens (tertiary/aromatic N) is 3. The van der Waals surface area contributed by atoms with Crippen LogP contribution in [0.3, 0.4) is 0 Å². The van der Waals surface area contributed by atoms with E-state index in [1.807, 2.05) is 12.1 Å². The van der Waals surface area contributed by atoms with Gasteiger partial charge in [-0.05, 0) is 49.4 Å². The molecule has 2 aliphatic rings. The lowest BCUT2D eigenvalue weighted by Gasteiger charge is -2.38. The van der Waals surface area contributed by atoms with E-state index in [1.165, 1.54) is 4.90 Å². The second-order valence-electron chi connectivity index (χ2n) is 9.93. The molecule has 0 spiro atoms. The Morgan fingerprint density at radius 1 is 0.946 bits per heavy atom. The Kier molecular flexibility index (Phi) is 9.03. The summed E-state index contributed by atoms with van der Waals surface area (Å²) in [6.07, 6.45) is 0.405. The maximum Gasteiger partial charge on any atom is 0.254 e. The number of anilines is 1. The van der Waals surface area contributed by atoms with Crippen molar-refractivity contribution in [1.82, 2.24) is 9.80 Å². The van der Waals surface area contributed by atoms with Gasteiger partial charge in [-0.15, -0.1) is 0 Å². The van der Waals surface area contributed by atoms with E-state index < -0.39 is 18.3 Å². The highest BCUT2D eigenvalue weighted by Gasteiger charge is 2.36. The minimum absolute atomic E-state index is 0.0214. The number of alkyl halides is 2. The van der Waals surface area contributed by atoms with Crippen molar-refractivity contribution in [3.8, 4) is 0 Å². The highest BCUT2D eigenvalue weighted by atomic mass is 35.5. The molecule has 0 radical (unpaired) electrons. The van der Waals surface area contributed by atoms with E-state index >= 15 is 0 Å². The number of ether oxygens (including phenoxy) is 1. The molecule has 4 rings (SSSR count). The number of carbonyl (C=O) groups excluding carboxylic acids is 2. The Balaban J connectivity index is 1.25. The molecule has 0 bridgehead atoms. The average molecular weight is 534 g/mol. The van der Waals surface area contributed by atoms with E-state index in [0.717, 1.165) is 31.6 Å². The van der Waals surface area contributed by atoms with E-state index in [1.54, 1.807) is 55.4 Å². The van der Waals surface area contributed by atoms with Crippen LogP contribution in [0.5, 0.6) is 0 Å². The van der Waals surface area contributed by atoms with Crippen LogP contribution in [0.2, 0.25) is 5.02 Å². The van der Waals surface area contributed by atoms with Gasteiger partial charge in [0.05, 0.1) is 22.8 Å². The van der Waals surface area contributed by atoms with Crippen molar-refractivity contribution in [2.75, 3.05) is 45.2 Å². The third-order valence-electron chi connectivity index (χ3n) is 7.21. The molecule has 37 heavy (non-hydrogen) atoms. The first-order chi connectivity index (χ1) is 17.7. The molecule has 0 aromatic heterocycles. The van der Waals surface area contributed by atoms with Crippen LogP contribution in [0.4, 0.5) is 14.5 Å². The number of benzene rings is 2. The van der Waals surface area contributed by atoms with Gasteiger partial charge in [0.2, 0.25) is 5.91 Å². The van der Waals surface area contributed by atoms with Gasteiger partial charge in [-0.1, -0.05) is 41.9 Å². The van der Waals surface area contributed by atoms with E-state index in [4.69, 9.17) is 16.3 Å². The molecule has 0 unspecified atom stereocenters. The van der Waals surface area contributed by atoms with Crippen LogP contribution in [0, 0.1) is 0 Å². The summed E-state index contributed by atoms with van der Waals surface area (Å²) < 4.78 is 33.8. The zero-order valence-electron chi connectivity index (χ0n) is 21.3. The number of halogens is 3. The predicted molar refractivity (Wildman–Crippen MR) is 141 cm³/mol. The molecule has 2 aliphatic heterocycles. The number of carbonyl (C=O) groups is 2. The van der Waals surface area contributed by atoms with Crippen LogP contribution in [0.1, 0.15) is 47.5 Å². The number of rotatable bonds is 7. The van der Waals surface area contributed by atoms with Crippen molar-refractivity contribution in [3.63, 3.8) is 0 Å². The highest BCUT2D eigenvalue weighted by Crippen LogP contribution is 2.30. The molecule has 6 nitrogen and oxygen atoms in total. The van der Waals surface area contributed by atoms with Crippen LogP contribution in [0.25, 0.3) is 0 Å². The SMILES string of the molecule is CN(C)C(=O)c1ccc(N2CCC(OC3CCN(C(=O)[C@@H](c4ccccc4)C(F)F)CC3)CC2)cc1Cl. The molecule has 2 amide bonds. The lowest BCUT2D eigenvalue weighted by Crippen LogP contribution is -2.46. The molecule has 2 fully saturated rings. The molecule has 9 heteroatoms. The molecule has 2 aromatic carbocycles. The molecule has 2 saturated heterocycles. The standard InChI is InChI=1S/C28H34ClF2N3O3/c1-32(2)27(35)23-9-8-20(18-24(23)29)33-14-10-21(11-15-33)37-22-12-16-34(17-13-22)28(36)25(26(30)31)19-6-4-3-5-7-19/h3-9,18,21-22,25-26H,10-17H2,1-2H3/t25-/m0/s1. The lowest BCUT2D eigenvalue weighted by atomic mass is 9.96. The van der Waals surface area contributed by atoms with Gasteiger partial charge < -0.3 is 19.4 Å². The second-order valence-corrected chi connectivity index (χ2v) is 10.3. The predicted octanol–water partition coefficient (Wildman–Crippen LogP) is 5.07. The van der Waals surface area contributed by atoms with Gasteiger partial charge in [0.1, 0.15) is 5.92 Å². The van der Waals surface area contributed by atoms with E-state index in [0.29, 0.717) is 42.1 Å². The number of hydrogen-bond acceptors (Lipinski definition) is 4. The summed E-state index contributed by atoms with van der Waals surface area (Å²) in [5.74, 6) is -2.06. The lowest BCUT2D eigenvalue weighted by molar-refractivity contribution is -0.140. The van der Waals surface area contributed by atoms with Gasteiger partial charge in [-0.25, -0.2) is 8.78 Å². The molecule has 2 aromatic rings. The highest BCUT2D eigenvalue weighted by molar-refractivity contribution is 6.34. The molecule has 0 N–H and O–H groups in total. The minimum atomic E-state index is -2.74. The first kappa shape index (κ1) is 27.3. The smallest absolute Gasteiger partial charge is 0.254 e. The summed E-state index contributed by atoms with van der Waals surface area (Å²) >= 11 is 6.38. The zero-order valence-corrected chi connectivity index (χ0v) is 22.0. The van der Waals surface area contributed by atoms with Gasteiger partial charge in [0, 0.05) is 46.0 Å². The first-order valence-electron chi connectivity index (χ1n) is 12.8. The van der Waals surface area contributed by atoms with Crippen LogP contribution < -0.4 is 4.90 Å². The van der Waals surface area contributed by atoms with Crippen LogP contribution in [-0.2, 0) is 9.53 Å². The molecule has 0 aliphatic carbocycles. The van der Waals surface area contributed by atoms with E-state index in [2.05, 4.69) is 4.90 Å². The Hall–Kier alpha value is -2.71. The first-order valence-corrected chi connectivity index (χ1v) is 13.2. The third-order valence-corrected chi connectivity index (χ3v) is 7.52. The topological polar surface area (TPSA) is 53.1 Å². The summed E-state index contributed by atoms with van der Waals surface area (Å²) in [5.41, 5.74) is 1.83. The summed E-state index contributed by atoms with van der Waals surface area (Å²) in [6.45, 7) is 2.47. The third kappa shape index (κ3) is 6.60. The van der Waals surface area contributed by atoms with Crippen LogP contribution >= 0.6 is 11.6 Å². The molecule has 200 valence electrons. The van der Waals surface area contributed by atoms with Crippen LogP contribution in [-0.4, -0.2) is 80.5 Å². The molecule has 1 atom stereocenters. The second kappa shape index (κ2) is 12.2. The summed E-state index contributed by atoms with van der Waals surface area (Å²) in [5, 5.41) is 0.442. The molecular weight excluding hydrogens is 500 g/mol. The Bertz CT molecular complexity index is 1070. The Morgan fingerprint density at radius 3 is 2.08 bits per heavy atom. The quantitative estimate of drug-likeness (QED) is 0.499. The van der Waals surface area contributed by atoms with Crippen molar-refractivity contribution < 1.29 is 23.1 Å². The summed E-state index contributed by atoms with van der Waals surface area (Å²) in [6, 6.07) is 13.8. The minimum Gasteiger partial charge on any atom is -0.375 e. The number of hydrogen-bond donors (Lipinski definition) is 0. The normalized spacial score (nSPS) is 18.2. The average Bonchev–Trinajstić information content (AvgIpc) is 2.89. The van der Waals surface area contributed by atoms with Crippen LogP contribution in [0.15, 0.2) is 48.5 Å². The Morgan fingerprint density at radius 2 is 1.54 bits per heavy atom. The van der Waals surface area contributed by atoms with Gasteiger partial charge in [0.25, 0.3) is 12.3 Å². The van der Waals surface area contributed by atoms with Gasteiger partial charge in [-0.3, -0.25) is 9.59 Å². The van der Waals surface area contributed by atoms with Crippen molar-refractivity contribution in [2.45, 2.75) is 50.2 Å². The maximum absolute atomic E-state index is 13.7. The summed E-state index contributed by atoms with van der Waals surface area (Å²) in [7, 11) is 3.40. The monoisotopic (exact) mass is 533 g/mol. The van der Waals surface area contributed by atoms with Crippen molar-refractivity contribution >= 4 is 29.1 Å². The van der Waals surface area contributed by atoms with Gasteiger partial charge >= 0.3 is 0 Å². The maximum atomic E-state index is 13.7. The fraction of sp³-hybridized carbons (Fsp3) is 0.500. The van der Waals surface area contributed by atoms with E-state index in [9.17, 15) is 18.4 Å². The van der Waals surface area contributed by atoms with E-state index in [-0.39, 0.29) is 18.1 Å². The van der Waals surface area contributed by atoms with Crippen molar-refractivity contribution in [1.29, 1.82) is 0 Å². The van der Waals surface area contributed by atoms with Gasteiger partial charge in [-0.2, -0.15) is 0 Å².